The highest BCUT2D eigenvalue weighted by atomic mass is 35.5. The van der Waals surface area contributed by atoms with Crippen LogP contribution in [0.5, 0.6) is 0 Å². The second-order valence-electron chi connectivity index (χ2n) is 6.75. The summed E-state index contributed by atoms with van der Waals surface area (Å²) in [5.41, 5.74) is 0.734. The average molecular weight is 473 g/mol. The fraction of sp³-hybridized carbons (Fsp3) is 0.350. The Bertz CT molecular complexity index is 927. The Hall–Kier alpha value is -1.84. The molecule has 164 valence electrons. The number of urea groups is 1. The van der Waals surface area contributed by atoms with E-state index >= 15 is 0 Å². The molecule has 10 heteroatoms. The van der Waals surface area contributed by atoms with Gasteiger partial charge in [0.15, 0.2) is 0 Å². The molecular formula is C20H26Cl2N4O3S. The van der Waals surface area contributed by atoms with Crippen molar-refractivity contribution < 1.29 is 13.2 Å². The number of benzene rings is 2. The summed E-state index contributed by atoms with van der Waals surface area (Å²) in [6, 6.07) is 13.2. The SMILES string of the molecule is C[C@@H](CNCCCCNS(=O)(=O)c1ccc(Cl)cc1Cl)NC(=O)Nc1ccccc1. The van der Waals surface area contributed by atoms with Crippen LogP contribution in [-0.2, 0) is 10.0 Å². The minimum absolute atomic E-state index is 0.0142. The van der Waals surface area contributed by atoms with Crippen molar-refractivity contribution in [2.75, 3.05) is 25.0 Å². The molecule has 0 aromatic heterocycles. The van der Waals surface area contributed by atoms with Crippen LogP contribution in [0.2, 0.25) is 10.0 Å². The van der Waals surface area contributed by atoms with Gasteiger partial charge in [0.25, 0.3) is 0 Å². The Morgan fingerprint density at radius 3 is 2.43 bits per heavy atom. The van der Waals surface area contributed by atoms with Crippen LogP contribution < -0.4 is 20.7 Å². The number of hydrogen-bond acceptors (Lipinski definition) is 4. The van der Waals surface area contributed by atoms with E-state index in [9.17, 15) is 13.2 Å². The molecule has 0 fully saturated rings. The Kier molecular flexibility index (Phi) is 9.87. The first-order chi connectivity index (χ1) is 14.3. The molecule has 0 radical (unpaired) electrons. The molecule has 0 heterocycles. The number of unbranched alkanes of at least 4 members (excludes halogenated alkanes) is 1. The molecule has 0 unspecified atom stereocenters. The molecule has 4 N–H and O–H groups in total. The van der Waals surface area contributed by atoms with Crippen LogP contribution in [0.15, 0.2) is 53.4 Å². The van der Waals surface area contributed by atoms with Gasteiger partial charge in [0.1, 0.15) is 4.90 Å². The molecule has 2 rings (SSSR count). The van der Waals surface area contributed by atoms with Gasteiger partial charge >= 0.3 is 6.03 Å². The Morgan fingerprint density at radius 1 is 1.03 bits per heavy atom. The number of carbonyl (C=O) groups excluding carboxylic acids is 1. The van der Waals surface area contributed by atoms with Gasteiger partial charge in [0.05, 0.1) is 5.02 Å². The predicted molar refractivity (Wildman–Crippen MR) is 122 cm³/mol. The number of halogens is 2. The molecule has 0 aliphatic heterocycles. The van der Waals surface area contributed by atoms with Gasteiger partial charge in [-0.2, -0.15) is 0 Å². The number of amides is 2. The number of carbonyl (C=O) groups is 1. The van der Waals surface area contributed by atoms with E-state index < -0.39 is 10.0 Å². The van der Waals surface area contributed by atoms with E-state index in [4.69, 9.17) is 23.2 Å². The van der Waals surface area contributed by atoms with Crippen molar-refractivity contribution in [1.29, 1.82) is 0 Å². The lowest BCUT2D eigenvalue weighted by atomic mass is 10.3. The van der Waals surface area contributed by atoms with Crippen molar-refractivity contribution in [3.63, 3.8) is 0 Å². The van der Waals surface area contributed by atoms with Gasteiger partial charge < -0.3 is 16.0 Å². The molecule has 2 aromatic carbocycles. The molecule has 0 aliphatic carbocycles. The van der Waals surface area contributed by atoms with Gasteiger partial charge in [-0.25, -0.2) is 17.9 Å². The second-order valence-corrected chi connectivity index (χ2v) is 9.33. The highest BCUT2D eigenvalue weighted by Crippen LogP contribution is 2.24. The van der Waals surface area contributed by atoms with Crippen molar-refractivity contribution >= 4 is 44.9 Å². The first kappa shape index (κ1) is 24.4. The fourth-order valence-corrected chi connectivity index (χ4v) is 4.48. The lowest BCUT2D eigenvalue weighted by Gasteiger charge is -2.15. The monoisotopic (exact) mass is 472 g/mol. The molecule has 0 bridgehead atoms. The molecule has 1 atom stereocenters. The normalized spacial score (nSPS) is 12.4. The topological polar surface area (TPSA) is 99.3 Å². The number of anilines is 1. The van der Waals surface area contributed by atoms with Gasteiger partial charge in [0.2, 0.25) is 10.0 Å². The van der Waals surface area contributed by atoms with Crippen molar-refractivity contribution in [2.24, 2.45) is 0 Å². The number of sulfonamides is 1. The van der Waals surface area contributed by atoms with E-state index in [-0.39, 0.29) is 22.0 Å². The minimum Gasteiger partial charge on any atom is -0.334 e. The highest BCUT2D eigenvalue weighted by Gasteiger charge is 2.17. The molecule has 2 aromatic rings. The molecule has 30 heavy (non-hydrogen) atoms. The summed E-state index contributed by atoms with van der Waals surface area (Å²) >= 11 is 11.8. The zero-order valence-electron chi connectivity index (χ0n) is 16.6. The third kappa shape index (κ3) is 8.49. The summed E-state index contributed by atoms with van der Waals surface area (Å²) in [5, 5.41) is 9.33. The third-order valence-corrected chi connectivity index (χ3v) is 6.29. The first-order valence-electron chi connectivity index (χ1n) is 9.56. The van der Waals surface area contributed by atoms with E-state index in [1.54, 1.807) is 0 Å². The summed E-state index contributed by atoms with van der Waals surface area (Å²) in [6.07, 6.45) is 1.44. The van der Waals surface area contributed by atoms with Crippen molar-refractivity contribution in [1.82, 2.24) is 15.4 Å². The van der Waals surface area contributed by atoms with E-state index in [1.165, 1.54) is 18.2 Å². The van der Waals surface area contributed by atoms with Gasteiger partial charge in [-0.3, -0.25) is 0 Å². The summed E-state index contributed by atoms with van der Waals surface area (Å²) in [6.45, 7) is 3.52. The van der Waals surface area contributed by atoms with Crippen LogP contribution in [0.1, 0.15) is 19.8 Å². The van der Waals surface area contributed by atoms with E-state index in [1.807, 2.05) is 37.3 Å². The molecule has 0 spiro atoms. The molecule has 0 saturated heterocycles. The van der Waals surface area contributed by atoms with E-state index in [0.717, 1.165) is 12.1 Å². The lowest BCUT2D eigenvalue weighted by Crippen LogP contribution is -2.42. The highest BCUT2D eigenvalue weighted by molar-refractivity contribution is 7.89. The number of para-hydroxylation sites is 1. The zero-order chi connectivity index (χ0) is 22.0. The van der Waals surface area contributed by atoms with Crippen molar-refractivity contribution in [2.45, 2.75) is 30.7 Å². The van der Waals surface area contributed by atoms with Crippen LogP contribution in [-0.4, -0.2) is 40.1 Å². The van der Waals surface area contributed by atoms with Crippen molar-refractivity contribution in [3.8, 4) is 0 Å². The summed E-state index contributed by atoms with van der Waals surface area (Å²) in [4.78, 5) is 11.9. The maximum Gasteiger partial charge on any atom is 0.319 e. The van der Waals surface area contributed by atoms with Crippen LogP contribution in [0.3, 0.4) is 0 Å². The van der Waals surface area contributed by atoms with Crippen LogP contribution in [0.4, 0.5) is 10.5 Å². The van der Waals surface area contributed by atoms with Gasteiger partial charge in [-0.1, -0.05) is 41.4 Å². The smallest absolute Gasteiger partial charge is 0.319 e. The molecule has 2 amide bonds. The van der Waals surface area contributed by atoms with Gasteiger partial charge in [-0.15, -0.1) is 0 Å². The largest absolute Gasteiger partial charge is 0.334 e. The molecular weight excluding hydrogens is 447 g/mol. The predicted octanol–water partition coefficient (Wildman–Crippen LogP) is 3.85. The standard InChI is InChI=1S/C20H26Cl2N4O3S/c1-15(25-20(27)26-17-7-3-2-4-8-17)14-23-11-5-6-12-24-30(28,29)19-10-9-16(21)13-18(19)22/h2-4,7-10,13,15,23-24H,5-6,11-12,14H2,1H3,(H2,25,26,27)/t15-/m0/s1. The summed E-state index contributed by atoms with van der Waals surface area (Å²) in [7, 11) is -3.67. The minimum atomic E-state index is -3.67. The maximum absolute atomic E-state index is 12.3. The summed E-state index contributed by atoms with van der Waals surface area (Å²) < 4.78 is 27.1. The van der Waals surface area contributed by atoms with Crippen LogP contribution in [0.25, 0.3) is 0 Å². The average Bonchev–Trinajstić information content (AvgIpc) is 2.67. The quantitative estimate of drug-likeness (QED) is 0.373. The number of rotatable bonds is 11. The lowest BCUT2D eigenvalue weighted by molar-refractivity contribution is 0.249. The summed E-state index contributed by atoms with van der Waals surface area (Å²) in [5.74, 6) is 0. The molecule has 7 nitrogen and oxygen atoms in total. The van der Waals surface area contributed by atoms with Gasteiger partial charge in [0, 0.05) is 29.8 Å². The zero-order valence-corrected chi connectivity index (χ0v) is 18.9. The second kappa shape index (κ2) is 12.1. The number of hydrogen-bond donors (Lipinski definition) is 4. The van der Waals surface area contributed by atoms with E-state index in [0.29, 0.717) is 31.1 Å². The molecule has 0 saturated carbocycles. The molecule has 0 aliphatic rings. The Labute approximate surface area is 187 Å². The number of nitrogens with one attached hydrogen (secondary N) is 4. The maximum atomic E-state index is 12.3. The Balaban J connectivity index is 1.58. The van der Waals surface area contributed by atoms with Crippen LogP contribution in [0, 0.1) is 0 Å². The first-order valence-corrected chi connectivity index (χ1v) is 11.8. The third-order valence-electron chi connectivity index (χ3n) is 4.12. The van der Waals surface area contributed by atoms with Crippen LogP contribution >= 0.6 is 23.2 Å². The van der Waals surface area contributed by atoms with Gasteiger partial charge in [-0.05, 0) is 56.6 Å². The Morgan fingerprint density at radius 2 is 1.73 bits per heavy atom. The van der Waals surface area contributed by atoms with E-state index in [2.05, 4.69) is 20.7 Å². The van der Waals surface area contributed by atoms with Crippen molar-refractivity contribution in [3.05, 3.63) is 58.6 Å². The fourth-order valence-electron chi connectivity index (χ4n) is 2.63.